The average molecular weight is 255 g/mol. The molecule has 2 rings (SSSR count). The van der Waals surface area contributed by atoms with E-state index in [1.807, 2.05) is 6.92 Å². The van der Waals surface area contributed by atoms with Crippen LogP contribution in [0.15, 0.2) is 0 Å². The van der Waals surface area contributed by atoms with Crippen molar-refractivity contribution in [3.05, 3.63) is 0 Å². The molecule has 1 aliphatic carbocycles. The smallest absolute Gasteiger partial charge is 0.303 e. The molecule has 0 atom stereocenters. The van der Waals surface area contributed by atoms with Crippen LogP contribution in [0.3, 0.4) is 0 Å². The summed E-state index contributed by atoms with van der Waals surface area (Å²) in [5.74, 6) is 0.0267. The molecule has 0 aromatic rings. The molecule has 0 radical (unpaired) electrons. The highest BCUT2D eigenvalue weighted by atomic mass is 16.5. The van der Waals surface area contributed by atoms with Gasteiger partial charge >= 0.3 is 5.97 Å². The van der Waals surface area contributed by atoms with E-state index in [2.05, 4.69) is 0 Å². The molecule has 1 heterocycles. The Labute approximate surface area is 107 Å². The van der Waals surface area contributed by atoms with Crippen LogP contribution in [0.5, 0.6) is 0 Å². The Morgan fingerprint density at radius 3 is 2.44 bits per heavy atom. The number of ether oxygens (including phenoxy) is 1. The Morgan fingerprint density at radius 2 is 1.89 bits per heavy atom. The van der Waals surface area contributed by atoms with E-state index in [0.29, 0.717) is 31.5 Å². The van der Waals surface area contributed by atoms with Crippen LogP contribution < -0.4 is 0 Å². The second-order valence-corrected chi connectivity index (χ2v) is 5.38. The second kappa shape index (κ2) is 5.69. The normalized spacial score (nSPS) is 27.5. The third-order valence-electron chi connectivity index (χ3n) is 3.83. The standard InChI is InChI=1S/C13H21NO4/c1-2-18-11-3-9(4-11)5-12(15)14-7-10(8-14)6-13(16)17/h9-11H,2-8H2,1H3,(H,16,17). The van der Waals surface area contributed by atoms with Gasteiger partial charge in [-0.3, -0.25) is 9.59 Å². The third-order valence-corrected chi connectivity index (χ3v) is 3.83. The van der Waals surface area contributed by atoms with E-state index in [-0.39, 0.29) is 18.2 Å². The van der Waals surface area contributed by atoms with E-state index >= 15 is 0 Å². The van der Waals surface area contributed by atoms with Gasteiger partial charge in [0, 0.05) is 32.0 Å². The molecule has 0 aromatic heterocycles. The fraction of sp³-hybridized carbons (Fsp3) is 0.846. The first-order valence-electron chi connectivity index (χ1n) is 6.69. The lowest BCUT2D eigenvalue weighted by atomic mass is 9.79. The van der Waals surface area contributed by atoms with Gasteiger partial charge in [0.15, 0.2) is 0 Å². The summed E-state index contributed by atoms with van der Waals surface area (Å²) in [6.07, 6.45) is 3.12. The van der Waals surface area contributed by atoms with Gasteiger partial charge in [0.1, 0.15) is 0 Å². The van der Waals surface area contributed by atoms with Gasteiger partial charge < -0.3 is 14.7 Å². The van der Waals surface area contributed by atoms with Crippen LogP contribution in [-0.4, -0.2) is 47.7 Å². The summed E-state index contributed by atoms with van der Waals surface area (Å²) in [5, 5.41) is 8.63. The molecule has 2 aliphatic rings. The summed E-state index contributed by atoms with van der Waals surface area (Å²) in [7, 11) is 0. The minimum atomic E-state index is -0.773. The number of carbonyl (C=O) groups excluding carboxylic acids is 1. The van der Waals surface area contributed by atoms with Gasteiger partial charge in [-0.25, -0.2) is 0 Å². The van der Waals surface area contributed by atoms with E-state index in [1.54, 1.807) is 4.90 Å². The monoisotopic (exact) mass is 255 g/mol. The van der Waals surface area contributed by atoms with Gasteiger partial charge in [-0.05, 0) is 25.7 Å². The Kier molecular flexibility index (Phi) is 4.22. The van der Waals surface area contributed by atoms with Crippen molar-refractivity contribution in [1.29, 1.82) is 0 Å². The van der Waals surface area contributed by atoms with Crippen LogP contribution in [0.25, 0.3) is 0 Å². The lowest BCUT2D eigenvalue weighted by molar-refractivity contribution is -0.146. The van der Waals surface area contributed by atoms with Crippen LogP contribution in [-0.2, 0) is 14.3 Å². The number of amides is 1. The van der Waals surface area contributed by atoms with Crippen molar-refractivity contribution in [2.75, 3.05) is 19.7 Å². The summed E-state index contributed by atoms with van der Waals surface area (Å²) >= 11 is 0. The van der Waals surface area contributed by atoms with Crippen molar-refractivity contribution in [3.63, 3.8) is 0 Å². The van der Waals surface area contributed by atoms with Gasteiger partial charge in [-0.2, -0.15) is 0 Å². The van der Waals surface area contributed by atoms with Crippen molar-refractivity contribution in [1.82, 2.24) is 4.90 Å². The van der Waals surface area contributed by atoms with Crippen LogP contribution >= 0.6 is 0 Å². The maximum atomic E-state index is 11.9. The molecular weight excluding hydrogens is 234 g/mol. The number of hydrogen-bond donors (Lipinski definition) is 1. The number of rotatable bonds is 6. The number of carbonyl (C=O) groups is 2. The summed E-state index contributed by atoms with van der Waals surface area (Å²) in [4.78, 5) is 24.1. The summed E-state index contributed by atoms with van der Waals surface area (Å²) in [6, 6.07) is 0. The highest BCUT2D eigenvalue weighted by molar-refractivity contribution is 5.78. The van der Waals surface area contributed by atoms with Crippen molar-refractivity contribution in [2.45, 2.75) is 38.7 Å². The molecule has 102 valence electrons. The quantitative estimate of drug-likeness (QED) is 0.772. The first-order valence-corrected chi connectivity index (χ1v) is 6.69. The maximum Gasteiger partial charge on any atom is 0.303 e. The van der Waals surface area contributed by atoms with Crippen LogP contribution in [0.2, 0.25) is 0 Å². The molecule has 0 bridgehead atoms. The molecule has 5 heteroatoms. The number of carboxylic acid groups (broad SMARTS) is 1. The molecule has 0 aromatic carbocycles. The molecule has 5 nitrogen and oxygen atoms in total. The Morgan fingerprint density at radius 1 is 1.22 bits per heavy atom. The first kappa shape index (κ1) is 13.3. The molecule has 1 saturated carbocycles. The molecule has 0 spiro atoms. The molecule has 1 saturated heterocycles. The number of nitrogens with zero attached hydrogens (tertiary/aromatic N) is 1. The summed E-state index contributed by atoms with van der Waals surface area (Å²) < 4.78 is 5.46. The number of hydrogen-bond acceptors (Lipinski definition) is 3. The first-order chi connectivity index (χ1) is 8.58. The van der Waals surface area contributed by atoms with Crippen LogP contribution in [0.4, 0.5) is 0 Å². The minimum absolute atomic E-state index is 0.156. The zero-order chi connectivity index (χ0) is 13.1. The predicted octanol–water partition coefficient (Wildman–Crippen LogP) is 1.12. The SMILES string of the molecule is CCOC1CC(CC(=O)N2CC(CC(=O)O)C2)C1. The lowest BCUT2D eigenvalue weighted by Gasteiger charge is -2.41. The Bertz CT molecular complexity index is 319. The van der Waals surface area contributed by atoms with Gasteiger partial charge in [0.25, 0.3) is 0 Å². The molecule has 1 amide bonds. The van der Waals surface area contributed by atoms with Gasteiger partial charge in [0.2, 0.25) is 5.91 Å². The van der Waals surface area contributed by atoms with Crippen LogP contribution in [0, 0.1) is 11.8 Å². The molecule has 0 unspecified atom stereocenters. The Hall–Kier alpha value is -1.10. The number of aliphatic carboxylic acids is 1. The van der Waals surface area contributed by atoms with Crippen molar-refractivity contribution < 1.29 is 19.4 Å². The topological polar surface area (TPSA) is 66.8 Å². The largest absolute Gasteiger partial charge is 0.481 e. The highest BCUT2D eigenvalue weighted by Crippen LogP contribution is 2.34. The van der Waals surface area contributed by atoms with Crippen LogP contribution in [0.1, 0.15) is 32.6 Å². The third kappa shape index (κ3) is 3.22. The predicted molar refractivity (Wildman–Crippen MR) is 65.1 cm³/mol. The van der Waals surface area contributed by atoms with Crippen molar-refractivity contribution in [3.8, 4) is 0 Å². The van der Waals surface area contributed by atoms with Crippen molar-refractivity contribution in [2.24, 2.45) is 11.8 Å². The van der Waals surface area contributed by atoms with Gasteiger partial charge in [0.05, 0.1) is 12.5 Å². The van der Waals surface area contributed by atoms with E-state index < -0.39 is 5.97 Å². The zero-order valence-electron chi connectivity index (χ0n) is 10.8. The Balaban J connectivity index is 1.59. The molecule has 1 aliphatic heterocycles. The van der Waals surface area contributed by atoms with Gasteiger partial charge in [-0.1, -0.05) is 0 Å². The second-order valence-electron chi connectivity index (χ2n) is 5.38. The summed E-state index contributed by atoms with van der Waals surface area (Å²) in [6.45, 7) is 3.97. The molecule has 2 fully saturated rings. The van der Waals surface area contributed by atoms with Crippen molar-refractivity contribution >= 4 is 11.9 Å². The molecular formula is C13H21NO4. The average Bonchev–Trinajstić information content (AvgIpc) is 2.19. The molecule has 18 heavy (non-hydrogen) atoms. The van der Waals surface area contributed by atoms with E-state index in [4.69, 9.17) is 9.84 Å². The highest BCUT2D eigenvalue weighted by Gasteiger charge is 2.36. The lowest BCUT2D eigenvalue weighted by Crippen LogP contribution is -2.51. The molecule has 1 N–H and O–H groups in total. The van der Waals surface area contributed by atoms with E-state index in [1.165, 1.54) is 0 Å². The minimum Gasteiger partial charge on any atom is -0.481 e. The van der Waals surface area contributed by atoms with Gasteiger partial charge in [-0.15, -0.1) is 0 Å². The number of carboxylic acids is 1. The fourth-order valence-electron chi connectivity index (χ4n) is 2.74. The van der Waals surface area contributed by atoms with E-state index in [0.717, 1.165) is 19.4 Å². The number of likely N-dealkylation sites (tertiary alicyclic amines) is 1. The van der Waals surface area contributed by atoms with E-state index in [9.17, 15) is 9.59 Å². The summed E-state index contributed by atoms with van der Waals surface area (Å²) in [5.41, 5.74) is 0. The fourth-order valence-corrected chi connectivity index (χ4v) is 2.74. The zero-order valence-corrected chi connectivity index (χ0v) is 10.8. The maximum absolute atomic E-state index is 11.9.